The van der Waals surface area contributed by atoms with Gasteiger partial charge in [-0.1, -0.05) is 19.1 Å². The number of carbonyl (C=O) groups excluding carboxylic acids is 1. The Hall–Kier alpha value is -4.13. The normalized spacial score (nSPS) is 16.7. The molecule has 0 radical (unpaired) electrons. The number of amides is 1. The third-order valence-corrected chi connectivity index (χ3v) is 8.70. The summed E-state index contributed by atoms with van der Waals surface area (Å²) in [5.74, 6) is 1.02. The van der Waals surface area contributed by atoms with Crippen LogP contribution < -0.4 is 20.4 Å². The molecule has 0 bridgehead atoms. The van der Waals surface area contributed by atoms with Crippen LogP contribution in [0.2, 0.25) is 0 Å². The number of benzene rings is 1. The van der Waals surface area contributed by atoms with E-state index >= 15 is 0 Å². The largest absolute Gasteiger partial charge is 0.369 e. The van der Waals surface area contributed by atoms with Crippen molar-refractivity contribution in [2.45, 2.75) is 46.1 Å². The van der Waals surface area contributed by atoms with E-state index in [1.54, 1.807) is 10.7 Å². The molecule has 10 heteroatoms. The van der Waals surface area contributed by atoms with Crippen LogP contribution in [0, 0.1) is 16.7 Å². The first kappa shape index (κ1) is 31.3. The SMILES string of the molecule is CC(C)(C)NC(=O)C1(C)CCN(c2ccc(-c3cc(-c4ccc(N5CCNCC5)cc4)cn4ncc(C#N)c34)cn2)CC1.Cl. The number of carbonyl (C=O) groups is 1. The quantitative estimate of drug-likeness (QED) is 0.316. The van der Waals surface area contributed by atoms with Crippen molar-refractivity contribution in [1.82, 2.24) is 25.2 Å². The second-order valence-corrected chi connectivity index (χ2v) is 13.0. The van der Waals surface area contributed by atoms with Crippen LogP contribution in [0.3, 0.4) is 0 Å². The minimum absolute atomic E-state index is 0. The molecule has 230 valence electrons. The lowest BCUT2D eigenvalue weighted by Crippen LogP contribution is -2.52. The van der Waals surface area contributed by atoms with E-state index in [2.05, 4.69) is 74.9 Å². The highest BCUT2D eigenvalue weighted by Crippen LogP contribution is 2.36. The van der Waals surface area contributed by atoms with Crippen molar-refractivity contribution >= 4 is 35.3 Å². The van der Waals surface area contributed by atoms with Gasteiger partial charge >= 0.3 is 0 Å². The number of hydrogen-bond acceptors (Lipinski definition) is 7. The number of pyridine rings is 2. The topological polar surface area (TPSA) is 102 Å². The number of hydrogen-bond donors (Lipinski definition) is 2. The van der Waals surface area contributed by atoms with E-state index in [1.807, 2.05) is 39.2 Å². The Bertz CT molecular complexity index is 1650. The lowest BCUT2D eigenvalue weighted by molar-refractivity contribution is -0.132. The Kier molecular flexibility index (Phi) is 8.87. The summed E-state index contributed by atoms with van der Waals surface area (Å²) in [5, 5.41) is 20.9. The molecule has 5 heterocycles. The van der Waals surface area contributed by atoms with Crippen molar-refractivity contribution in [3.05, 3.63) is 66.6 Å². The second kappa shape index (κ2) is 12.5. The molecule has 1 amide bonds. The molecule has 2 fully saturated rings. The van der Waals surface area contributed by atoms with E-state index in [0.29, 0.717) is 5.56 Å². The zero-order chi connectivity index (χ0) is 30.2. The van der Waals surface area contributed by atoms with Crippen LogP contribution in [-0.2, 0) is 4.79 Å². The Morgan fingerprint density at radius 3 is 2.25 bits per heavy atom. The highest BCUT2D eigenvalue weighted by Gasteiger charge is 2.38. The first-order valence-electron chi connectivity index (χ1n) is 15.2. The zero-order valence-corrected chi connectivity index (χ0v) is 26.7. The Balaban J connectivity index is 0.00000384. The molecule has 0 spiro atoms. The molecule has 2 saturated heterocycles. The second-order valence-electron chi connectivity index (χ2n) is 13.0. The molecule has 2 aliphatic rings. The van der Waals surface area contributed by atoms with Gasteiger partial charge in [-0.2, -0.15) is 10.4 Å². The lowest BCUT2D eigenvalue weighted by atomic mass is 9.79. The van der Waals surface area contributed by atoms with Gasteiger partial charge in [0.05, 0.1) is 17.3 Å². The summed E-state index contributed by atoms with van der Waals surface area (Å²) in [7, 11) is 0. The van der Waals surface area contributed by atoms with Crippen LogP contribution >= 0.6 is 12.4 Å². The van der Waals surface area contributed by atoms with Crippen molar-refractivity contribution in [2.24, 2.45) is 5.41 Å². The molecular weight excluding hydrogens is 572 g/mol. The van der Waals surface area contributed by atoms with Gasteiger partial charge in [-0.25, -0.2) is 9.50 Å². The van der Waals surface area contributed by atoms with E-state index in [0.717, 1.165) is 85.7 Å². The first-order valence-corrected chi connectivity index (χ1v) is 15.2. The molecule has 2 N–H and O–H groups in total. The summed E-state index contributed by atoms with van der Waals surface area (Å²) in [6, 6.07) is 17.2. The molecule has 3 aromatic heterocycles. The van der Waals surface area contributed by atoms with Gasteiger partial charge in [0.2, 0.25) is 5.91 Å². The maximum atomic E-state index is 13.0. The highest BCUT2D eigenvalue weighted by molar-refractivity contribution is 5.88. The Labute approximate surface area is 265 Å². The van der Waals surface area contributed by atoms with Gasteiger partial charge < -0.3 is 20.4 Å². The summed E-state index contributed by atoms with van der Waals surface area (Å²) in [4.78, 5) is 22.5. The summed E-state index contributed by atoms with van der Waals surface area (Å²) >= 11 is 0. The first-order chi connectivity index (χ1) is 20.6. The molecule has 6 rings (SSSR count). The number of nitriles is 1. The van der Waals surface area contributed by atoms with Gasteiger partial charge in [0, 0.05) is 85.0 Å². The zero-order valence-electron chi connectivity index (χ0n) is 25.9. The molecule has 4 aromatic rings. The van der Waals surface area contributed by atoms with Crippen LogP contribution in [-0.4, -0.2) is 65.3 Å². The molecule has 9 nitrogen and oxygen atoms in total. The van der Waals surface area contributed by atoms with Crippen LogP contribution in [0.15, 0.2) is 61.1 Å². The molecule has 0 saturated carbocycles. The summed E-state index contributed by atoms with van der Waals surface area (Å²) < 4.78 is 1.80. The molecule has 44 heavy (non-hydrogen) atoms. The Morgan fingerprint density at radius 2 is 1.64 bits per heavy atom. The van der Waals surface area contributed by atoms with Crippen LogP contribution in [0.4, 0.5) is 11.5 Å². The monoisotopic (exact) mass is 612 g/mol. The van der Waals surface area contributed by atoms with Gasteiger partial charge in [0.1, 0.15) is 11.9 Å². The predicted octanol–water partition coefficient (Wildman–Crippen LogP) is 5.29. The number of anilines is 2. The average Bonchev–Trinajstić information content (AvgIpc) is 3.44. The van der Waals surface area contributed by atoms with Crippen molar-refractivity contribution in [3.63, 3.8) is 0 Å². The van der Waals surface area contributed by atoms with Gasteiger partial charge in [-0.15, -0.1) is 12.4 Å². The number of nitrogens with zero attached hydrogens (tertiary/aromatic N) is 6. The molecular formula is C34H41ClN8O. The molecule has 2 aliphatic heterocycles. The third-order valence-electron chi connectivity index (χ3n) is 8.70. The van der Waals surface area contributed by atoms with Gasteiger partial charge in [0.15, 0.2) is 0 Å². The number of fused-ring (bicyclic) bond motifs is 1. The summed E-state index contributed by atoms with van der Waals surface area (Å²) in [5.41, 5.74) is 5.87. The average molecular weight is 613 g/mol. The van der Waals surface area contributed by atoms with Crippen LogP contribution in [0.5, 0.6) is 0 Å². The predicted molar refractivity (Wildman–Crippen MR) is 178 cm³/mol. The minimum Gasteiger partial charge on any atom is -0.369 e. The fourth-order valence-electron chi connectivity index (χ4n) is 6.05. The van der Waals surface area contributed by atoms with E-state index < -0.39 is 0 Å². The van der Waals surface area contributed by atoms with E-state index in [1.165, 1.54) is 5.69 Å². The van der Waals surface area contributed by atoms with Crippen molar-refractivity contribution in [2.75, 3.05) is 49.1 Å². The van der Waals surface area contributed by atoms with Crippen LogP contribution in [0.1, 0.15) is 46.1 Å². The number of halogens is 1. The molecule has 0 atom stereocenters. The fourth-order valence-corrected chi connectivity index (χ4v) is 6.05. The number of nitrogens with one attached hydrogen (secondary N) is 2. The van der Waals surface area contributed by atoms with Gasteiger partial charge in [0.25, 0.3) is 0 Å². The van der Waals surface area contributed by atoms with Crippen molar-refractivity contribution in [1.29, 1.82) is 5.26 Å². The van der Waals surface area contributed by atoms with E-state index in [4.69, 9.17) is 4.98 Å². The van der Waals surface area contributed by atoms with Crippen molar-refractivity contribution < 1.29 is 4.79 Å². The maximum Gasteiger partial charge on any atom is 0.226 e. The molecule has 0 aliphatic carbocycles. The van der Waals surface area contributed by atoms with Gasteiger partial charge in [-0.05, 0) is 69.5 Å². The molecule has 1 aromatic carbocycles. The lowest BCUT2D eigenvalue weighted by Gasteiger charge is -2.40. The highest BCUT2D eigenvalue weighted by atomic mass is 35.5. The van der Waals surface area contributed by atoms with Crippen molar-refractivity contribution in [3.8, 4) is 28.3 Å². The maximum absolute atomic E-state index is 13.0. The number of rotatable bonds is 5. The molecule has 0 unspecified atom stereocenters. The van der Waals surface area contributed by atoms with E-state index in [9.17, 15) is 10.1 Å². The summed E-state index contributed by atoms with van der Waals surface area (Å²) in [6.07, 6.45) is 7.04. The standard InChI is InChI=1S/C34H40N8O.ClH/c1-33(2,3)39-32(43)34(4)11-15-41(16-12-34)30-10-7-25(21-37-30)29-19-26(23-42-31(29)27(20-35)22-38-42)24-5-8-28(9-6-24)40-17-13-36-14-18-40;/h5-10,19,21-23,36H,11-18H2,1-4H3,(H,39,43);1H. The van der Waals surface area contributed by atoms with Crippen LogP contribution in [0.25, 0.3) is 27.8 Å². The Morgan fingerprint density at radius 1 is 0.955 bits per heavy atom. The summed E-state index contributed by atoms with van der Waals surface area (Å²) in [6.45, 7) is 13.7. The minimum atomic E-state index is -0.380. The van der Waals surface area contributed by atoms with E-state index in [-0.39, 0.29) is 29.3 Å². The smallest absolute Gasteiger partial charge is 0.226 e. The number of piperidine rings is 1. The number of piperazine rings is 1. The third kappa shape index (κ3) is 6.37. The fraction of sp³-hybridized carbons (Fsp3) is 0.412. The van der Waals surface area contributed by atoms with Gasteiger partial charge in [-0.3, -0.25) is 4.79 Å². The number of aromatic nitrogens is 3.